The second kappa shape index (κ2) is 4.41. The molecule has 1 unspecified atom stereocenters. The molecule has 1 saturated carbocycles. The summed E-state index contributed by atoms with van der Waals surface area (Å²) in [5.41, 5.74) is 7.11. The first-order chi connectivity index (χ1) is 8.36. The van der Waals surface area contributed by atoms with Crippen molar-refractivity contribution in [3.63, 3.8) is 0 Å². The van der Waals surface area contributed by atoms with Gasteiger partial charge < -0.3 is 5.73 Å². The van der Waals surface area contributed by atoms with Gasteiger partial charge in [-0.05, 0) is 18.8 Å². The van der Waals surface area contributed by atoms with E-state index in [0.29, 0.717) is 5.92 Å². The van der Waals surface area contributed by atoms with Crippen LogP contribution in [0.15, 0.2) is 18.6 Å². The van der Waals surface area contributed by atoms with Crippen molar-refractivity contribution >= 4 is 5.65 Å². The number of nitrogens with two attached hydrogens (primary N) is 1. The van der Waals surface area contributed by atoms with E-state index in [9.17, 15) is 0 Å². The molecule has 0 spiro atoms. The molecule has 1 aliphatic rings. The minimum Gasteiger partial charge on any atom is -0.321 e. The van der Waals surface area contributed by atoms with Gasteiger partial charge in [0.05, 0.1) is 12.2 Å². The van der Waals surface area contributed by atoms with Gasteiger partial charge in [0, 0.05) is 12.4 Å². The maximum Gasteiger partial charge on any atom is 0.179 e. The Morgan fingerprint density at radius 3 is 2.88 bits per heavy atom. The van der Waals surface area contributed by atoms with Crippen LogP contribution >= 0.6 is 0 Å². The van der Waals surface area contributed by atoms with Gasteiger partial charge in [-0.25, -0.2) is 0 Å². The summed E-state index contributed by atoms with van der Waals surface area (Å²) in [4.78, 5) is 4.03. The monoisotopic (exact) mass is 231 g/mol. The van der Waals surface area contributed by atoms with Crippen molar-refractivity contribution < 1.29 is 0 Å². The van der Waals surface area contributed by atoms with Gasteiger partial charge in [-0.1, -0.05) is 19.3 Å². The molecule has 1 fully saturated rings. The Morgan fingerprint density at radius 1 is 1.24 bits per heavy atom. The Kier molecular flexibility index (Phi) is 2.76. The molecule has 1 aliphatic carbocycles. The smallest absolute Gasteiger partial charge is 0.179 e. The number of aromatic nitrogens is 4. The highest BCUT2D eigenvalue weighted by atomic mass is 15.3. The Labute approximate surface area is 100 Å². The van der Waals surface area contributed by atoms with Crippen LogP contribution in [0, 0.1) is 5.92 Å². The number of nitrogens with zero attached hydrogens (tertiary/aromatic N) is 4. The van der Waals surface area contributed by atoms with Crippen LogP contribution in [0.3, 0.4) is 0 Å². The summed E-state index contributed by atoms with van der Waals surface area (Å²) in [5, 5.41) is 8.32. The molecule has 2 heterocycles. The minimum atomic E-state index is -0.00676. The molecule has 2 N–H and O–H groups in total. The zero-order chi connectivity index (χ0) is 11.7. The molecule has 3 rings (SSSR count). The van der Waals surface area contributed by atoms with Gasteiger partial charge in [0.25, 0.3) is 0 Å². The zero-order valence-corrected chi connectivity index (χ0v) is 9.79. The number of rotatable bonds is 2. The molecule has 0 aliphatic heterocycles. The lowest BCUT2D eigenvalue weighted by atomic mass is 9.84. The second-order valence-electron chi connectivity index (χ2n) is 4.79. The van der Waals surface area contributed by atoms with Crippen LogP contribution in [-0.2, 0) is 0 Å². The summed E-state index contributed by atoms with van der Waals surface area (Å²) < 4.78 is 1.95. The van der Waals surface area contributed by atoms with Crippen LogP contribution in [0.1, 0.15) is 44.0 Å². The highest BCUT2D eigenvalue weighted by Crippen LogP contribution is 2.32. The predicted molar refractivity (Wildman–Crippen MR) is 64.3 cm³/mol. The van der Waals surface area contributed by atoms with E-state index in [0.717, 1.165) is 11.5 Å². The maximum absolute atomic E-state index is 6.34. The molecule has 0 bridgehead atoms. The van der Waals surface area contributed by atoms with Crippen LogP contribution in [0.4, 0.5) is 0 Å². The van der Waals surface area contributed by atoms with E-state index in [4.69, 9.17) is 5.73 Å². The standard InChI is InChI=1S/C12H17N5/c13-11(9-4-2-1-3-5-9)12-16-15-10-8-14-6-7-17(10)12/h6-9,11H,1-5,13H2. The van der Waals surface area contributed by atoms with E-state index in [1.54, 1.807) is 12.4 Å². The third-order valence-electron chi connectivity index (χ3n) is 3.70. The molecule has 5 heteroatoms. The highest BCUT2D eigenvalue weighted by molar-refractivity contribution is 5.34. The molecule has 17 heavy (non-hydrogen) atoms. The van der Waals surface area contributed by atoms with Crippen LogP contribution < -0.4 is 5.73 Å². The van der Waals surface area contributed by atoms with Crippen LogP contribution in [0.2, 0.25) is 0 Å². The van der Waals surface area contributed by atoms with E-state index < -0.39 is 0 Å². The molecule has 2 aromatic rings. The van der Waals surface area contributed by atoms with E-state index in [1.807, 2.05) is 10.6 Å². The summed E-state index contributed by atoms with van der Waals surface area (Å²) in [6.45, 7) is 0. The van der Waals surface area contributed by atoms with Crippen molar-refractivity contribution in [1.29, 1.82) is 0 Å². The fraction of sp³-hybridized carbons (Fsp3) is 0.583. The van der Waals surface area contributed by atoms with Crippen molar-refractivity contribution in [2.24, 2.45) is 11.7 Å². The molecule has 0 amide bonds. The van der Waals surface area contributed by atoms with Gasteiger partial charge in [-0.2, -0.15) is 0 Å². The SMILES string of the molecule is NC(c1nnc2cnccn12)C1CCCCC1. The summed E-state index contributed by atoms with van der Waals surface area (Å²) in [6, 6.07) is -0.00676. The Hall–Kier alpha value is -1.49. The van der Waals surface area contributed by atoms with Crippen molar-refractivity contribution in [2.75, 3.05) is 0 Å². The normalized spacial score (nSPS) is 19.6. The molecule has 90 valence electrons. The fourth-order valence-electron chi connectivity index (χ4n) is 2.70. The van der Waals surface area contributed by atoms with Crippen molar-refractivity contribution in [3.05, 3.63) is 24.4 Å². The van der Waals surface area contributed by atoms with Crippen molar-refractivity contribution in [2.45, 2.75) is 38.1 Å². The quantitative estimate of drug-likeness (QED) is 0.854. The lowest BCUT2D eigenvalue weighted by Gasteiger charge is -2.26. The largest absolute Gasteiger partial charge is 0.321 e. The van der Waals surface area contributed by atoms with Crippen LogP contribution in [0.5, 0.6) is 0 Å². The summed E-state index contributed by atoms with van der Waals surface area (Å²) in [6.07, 6.45) is 11.7. The third-order valence-corrected chi connectivity index (χ3v) is 3.70. The predicted octanol–water partition coefficient (Wildman–Crippen LogP) is 1.70. The topological polar surface area (TPSA) is 69.1 Å². The highest BCUT2D eigenvalue weighted by Gasteiger charge is 2.25. The fourth-order valence-corrected chi connectivity index (χ4v) is 2.70. The molecule has 5 nitrogen and oxygen atoms in total. The Balaban J connectivity index is 1.92. The Bertz CT molecular complexity index is 500. The third kappa shape index (κ3) is 1.91. The number of hydrogen-bond acceptors (Lipinski definition) is 4. The number of fused-ring (bicyclic) bond motifs is 1. The lowest BCUT2D eigenvalue weighted by Crippen LogP contribution is -2.25. The van der Waals surface area contributed by atoms with E-state index >= 15 is 0 Å². The first kappa shape index (κ1) is 10.7. The summed E-state index contributed by atoms with van der Waals surface area (Å²) in [5.74, 6) is 1.42. The maximum atomic E-state index is 6.34. The van der Waals surface area contributed by atoms with Gasteiger partial charge in [-0.15, -0.1) is 10.2 Å². The molecule has 2 aromatic heterocycles. The molecule has 0 radical (unpaired) electrons. The molecular formula is C12H17N5. The summed E-state index contributed by atoms with van der Waals surface area (Å²) in [7, 11) is 0. The average Bonchev–Trinajstić information content (AvgIpc) is 2.83. The van der Waals surface area contributed by atoms with Crippen LogP contribution in [-0.4, -0.2) is 19.6 Å². The van der Waals surface area contributed by atoms with Gasteiger partial charge in [-0.3, -0.25) is 9.38 Å². The summed E-state index contributed by atoms with van der Waals surface area (Å²) >= 11 is 0. The average molecular weight is 231 g/mol. The zero-order valence-electron chi connectivity index (χ0n) is 9.79. The van der Waals surface area contributed by atoms with Gasteiger partial charge in [0.15, 0.2) is 11.5 Å². The van der Waals surface area contributed by atoms with E-state index in [-0.39, 0.29) is 6.04 Å². The first-order valence-electron chi connectivity index (χ1n) is 6.26. The molecule has 0 aromatic carbocycles. The Morgan fingerprint density at radius 2 is 2.06 bits per heavy atom. The van der Waals surface area contributed by atoms with Crippen molar-refractivity contribution in [1.82, 2.24) is 19.6 Å². The second-order valence-corrected chi connectivity index (χ2v) is 4.79. The van der Waals surface area contributed by atoms with Crippen molar-refractivity contribution in [3.8, 4) is 0 Å². The first-order valence-corrected chi connectivity index (χ1v) is 6.26. The van der Waals surface area contributed by atoms with Gasteiger partial charge >= 0.3 is 0 Å². The van der Waals surface area contributed by atoms with Gasteiger partial charge in [0.1, 0.15) is 0 Å². The van der Waals surface area contributed by atoms with E-state index in [1.165, 1.54) is 32.1 Å². The number of hydrogen-bond donors (Lipinski definition) is 1. The minimum absolute atomic E-state index is 0.00676. The lowest BCUT2D eigenvalue weighted by molar-refractivity contribution is 0.300. The van der Waals surface area contributed by atoms with E-state index in [2.05, 4.69) is 15.2 Å². The van der Waals surface area contributed by atoms with Crippen LogP contribution in [0.25, 0.3) is 5.65 Å². The molecule has 1 atom stereocenters. The molecule has 0 saturated heterocycles. The van der Waals surface area contributed by atoms with Gasteiger partial charge in [0.2, 0.25) is 0 Å². The molecular weight excluding hydrogens is 214 g/mol.